The average molecular weight is 402 g/mol. The summed E-state index contributed by atoms with van der Waals surface area (Å²) in [5.74, 6) is 0.417. The van der Waals surface area contributed by atoms with Crippen LogP contribution < -0.4 is 10.1 Å². The molecule has 5 nitrogen and oxygen atoms in total. The molecule has 1 saturated heterocycles. The van der Waals surface area contributed by atoms with Crippen LogP contribution in [-0.4, -0.2) is 42.0 Å². The van der Waals surface area contributed by atoms with Gasteiger partial charge in [0.1, 0.15) is 6.61 Å². The molecule has 1 aromatic heterocycles. The largest absolute Gasteiger partial charge is 0.473 e. The van der Waals surface area contributed by atoms with Crippen LogP contribution >= 0.6 is 0 Å². The molecular weight excluding hydrogens is 374 g/mol. The number of hydrogen-bond acceptors (Lipinski definition) is 4. The number of ether oxygens (including phenoxy) is 1. The highest BCUT2D eigenvalue weighted by molar-refractivity contribution is 5.93. The van der Waals surface area contributed by atoms with Crippen molar-refractivity contribution in [2.24, 2.45) is 0 Å². The molecule has 5 heteroatoms. The third-order valence-corrected chi connectivity index (χ3v) is 5.36. The summed E-state index contributed by atoms with van der Waals surface area (Å²) in [7, 11) is 0. The summed E-state index contributed by atoms with van der Waals surface area (Å²) in [5.41, 5.74) is 4.00. The molecular formula is C25H27N3O2. The predicted octanol–water partition coefficient (Wildman–Crippen LogP) is 4.15. The van der Waals surface area contributed by atoms with Crippen LogP contribution in [0.4, 0.5) is 0 Å². The SMILES string of the molecule is O=C(NCCN1CCCC1)c1ccc(OCc2ccc(-c3ccccc3)cc2)nc1. The molecule has 0 aliphatic carbocycles. The number of nitrogens with one attached hydrogen (secondary N) is 1. The summed E-state index contributed by atoms with van der Waals surface area (Å²) < 4.78 is 5.77. The molecule has 4 rings (SSSR count). The Balaban J connectivity index is 1.24. The van der Waals surface area contributed by atoms with Crippen LogP contribution in [0.5, 0.6) is 5.88 Å². The van der Waals surface area contributed by atoms with Crippen LogP contribution in [0.3, 0.4) is 0 Å². The van der Waals surface area contributed by atoms with E-state index in [4.69, 9.17) is 4.74 Å². The quantitative estimate of drug-likeness (QED) is 0.616. The summed E-state index contributed by atoms with van der Waals surface area (Å²) in [5, 5.41) is 2.96. The molecule has 1 aliphatic rings. The van der Waals surface area contributed by atoms with Crippen molar-refractivity contribution in [1.29, 1.82) is 0 Å². The van der Waals surface area contributed by atoms with Gasteiger partial charge in [0.2, 0.25) is 5.88 Å². The van der Waals surface area contributed by atoms with Gasteiger partial charge in [-0.1, -0.05) is 54.6 Å². The Hall–Kier alpha value is -3.18. The van der Waals surface area contributed by atoms with Crippen LogP contribution in [0.15, 0.2) is 72.9 Å². The monoisotopic (exact) mass is 401 g/mol. The van der Waals surface area contributed by atoms with Gasteiger partial charge in [0.05, 0.1) is 5.56 Å². The van der Waals surface area contributed by atoms with E-state index in [2.05, 4.69) is 51.6 Å². The Kier molecular flexibility index (Phi) is 6.72. The van der Waals surface area contributed by atoms with Crippen LogP contribution in [0.2, 0.25) is 0 Å². The van der Waals surface area contributed by atoms with Gasteiger partial charge in [-0.05, 0) is 48.7 Å². The van der Waals surface area contributed by atoms with Crippen molar-refractivity contribution >= 4 is 5.91 Å². The Morgan fingerprint density at radius 2 is 1.67 bits per heavy atom. The van der Waals surface area contributed by atoms with E-state index in [-0.39, 0.29) is 5.91 Å². The third-order valence-electron chi connectivity index (χ3n) is 5.36. The zero-order chi connectivity index (χ0) is 20.6. The van der Waals surface area contributed by atoms with E-state index < -0.39 is 0 Å². The molecule has 1 fully saturated rings. The molecule has 3 aromatic rings. The van der Waals surface area contributed by atoms with Gasteiger partial charge in [0.15, 0.2) is 0 Å². The van der Waals surface area contributed by atoms with E-state index in [0.29, 0.717) is 24.6 Å². The van der Waals surface area contributed by atoms with E-state index in [1.807, 2.05) is 18.2 Å². The van der Waals surface area contributed by atoms with Gasteiger partial charge in [-0.25, -0.2) is 4.98 Å². The Labute approximate surface area is 177 Å². The van der Waals surface area contributed by atoms with E-state index >= 15 is 0 Å². The first-order chi connectivity index (χ1) is 14.8. The molecule has 0 bridgehead atoms. The molecule has 0 atom stereocenters. The van der Waals surface area contributed by atoms with Gasteiger partial charge >= 0.3 is 0 Å². The van der Waals surface area contributed by atoms with Gasteiger partial charge in [-0.3, -0.25) is 4.79 Å². The highest BCUT2D eigenvalue weighted by Crippen LogP contribution is 2.20. The minimum atomic E-state index is -0.0928. The highest BCUT2D eigenvalue weighted by Gasteiger charge is 2.12. The minimum absolute atomic E-state index is 0.0928. The van der Waals surface area contributed by atoms with Crippen molar-refractivity contribution in [3.8, 4) is 17.0 Å². The third kappa shape index (κ3) is 5.45. The maximum atomic E-state index is 12.2. The first kappa shape index (κ1) is 20.1. The Bertz CT molecular complexity index is 934. The lowest BCUT2D eigenvalue weighted by Gasteiger charge is -2.14. The summed E-state index contributed by atoms with van der Waals surface area (Å²) in [6, 6.07) is 22.1. The number of likely N-dealkylation sites (tertiary alicyclic amines) is 1. The van der Waals surface area contributed by atoms with Gasteiger partial charge in [0.25, 0.3) is 5.91 Å². The first-order valence-electron chi connectivity index (χ1n) is 10.5. The molecule has 0 radical (unpaired) electrons. The van der Waals surface area contributed by atoms with Crippen LogP contribution in [0.25, 0.3) is 11.1 Å². The van der Waals surface area contributed by atoms with Gasteiger partial charge in [-0.2, -0.15) is 0 Å². The second-order valence-electron chi connectivity index (χ2n) is 7.54. The maximum absolute atomic E-state index is 12.2. The van der Waals surface area contributed by atoms with Crippen LogP contribution in [0.1, 0.15) is 28.8 Å². The minimum Gasteiger partial charge on any atom is -0.473 e. The molecule has 0 spiro atoms. The van der Waals surface area contributed by atoms with E-state index in [0.717, 1.165) is 25.2 Å². The lowest BCUT2D eigenvalue weighted by Crippen LogP contribution is -2.33. The Morgan fingerprint density at radius 3 is 2.37 bits per heavy atom. The van der Waals surface area contributed by atoms with Crippen molar-refractivity contribution in [3.05, 3.63) is 84.1 Å². The van der Waals surface area contributed by atoms with Crippen molar-refractivity contribution in [2.45, 2.75) is 19.4 Å². The number of hydrogen-bond donors (Lipinski definition) is 1. The Morgan fingerprint density at radius 1 is 0.933 bits per heavy atom. The summed E-state index contributed by atoms with van der Waals surface area (Å²) in [6.07, 6.45) is 4.09. The molecule has 2 aromatic carbocycles. The number of aromatic nitrogens is 1. The molecule has 2 heterocycles. The summed E-state index contributed by atoms with van der Waals surface area (Å²) >= 11 is 0. The molecule has 154 valence electrons. The number of amides is 1. The van der Waals surface area contributed by atoms with Crippen molar-refractivity contribution in [3.63, 3.8) is 0 Å². The first-order valence-corrected chi connectivity index (χ1v) is 10.5. The molecule has 1 amide bonds. The summed E-state index contributed by atoms with van der Waals surface area (Å²) in [6.45, 7) is 4.28. The smallest absolute Gasteiger partial charge is 0.252 e. The second kappa shape index (κ2) is 10.0. The van der Waals surface area contributed by atoms with Gasteiger partial charge < -0.3 is 15.0 Å². The van der Waals surface area contributed by atoms with Gasteiger partial charge in [-0.15, -0.1) is 0 Å². The zero-order valence-corrected chi connectivity index (χ0v) is 17.1. The molecule has 0 saturated carbocycles. The van der Waals surface area contributed by atoms with Crippen LogP contribution in [0, 0.1) is 0 Å². The maximum Gasteiger partial charge on any atom is 0.252 e. The van der Waals surface area contributed by atoms with E-state index in [1.54, 1.807) is 18.3 Å². The van der Waals surface area contributed by atoms with Gasteiger partial charge in [0, 0.05) is 25.4 Å². The predicted molar refractivity (Wildman–Crippen MR) is 118 cm³/mol. The van der Waals surface area contributed by atoms with Crippen molar-refractivity contribution in [2.75, 3.05) is 26.2 Å². The topological polar surface area (TPSA) is 54.5 Å². The highest BCUT2D eigenvalue weighted by atomic mass is 16.5. The van der Waals surface area contributed by atoms with E-state index in [1.165, 1.54) is 24.0 Å². The number of pyridine rings is 1. The van der Waals surface area contributed by atoms with Crippen molar-refractivity contribution in [1.82, 2.24) is 15.2 Å². The van der Waals surface area contributed by atoms with Crippen molar-refractivity contribution < 1.29 is 9.53 Å². The van der Waals surface area contributed by atoms with Crippen LogP contribution in [-0.2, 0) is 6.61 Å². The number of rotatable bonds is 8. The molecule has 30 heavy (non-hydrogen) atoms. The lowest BCUT2D eigenvalue weighted by molar-refractivity contribution is 0.0949. The fraction of sp³-hybridized carbons (Fsp3) is 0.280. The number of benzene rings is 2. The normalized spacial score (nSPS) is 13.9. The number of nitrogens with zero attached hydrogens (tertiary/aromatic N) is 2. The number of carbonyl (C=O) groups excluding carboxylic acids is 1. The lowest BCUT2D eigenvalue weighted by atomic mass is 10.0. The second-order valence-corrected chi connectivity index (χ2v) is 7.54. The fourth-order valence-corrected chi connectivity index (χ4v) is 3.62. The molecule has 1 aliphatic heterocycles. The fourth-order valence-electron chi connectivity index (χ4n) is 3.62. The summed E-state index contributed by atoms with van der Waals surface area (Å²) in [4.78, 5) is 18.9. The van der Waals surface area contributed by atoms with E-state index in [9.17, 15) is 4.79 Å². The molecule has 0 unspecified atom stereocenters. The average Bonchev–Trinajstić information content (AvgIpc) is 3.32. The molecule has 1 N–H and O–H groups in total. The zero-order valence-electron chi connectivity index (χ0n) is 17.1. The number of carbonyl (C=O) groups is 1. The standard InChI is InChI=1S/C25H27N3O2/c29-25(26-14-17-28-15-4-5-16-28)23-12-13-24(27-18-23)30-19-20-8-10-22(11-9-20)21-6-2-1-3-7-21/h1-3,6-13,18H,4-5,14-17,19H2,(H,26,29).